The number of amides is 1. The second-order valence-corrected chi connectivity index (χ2v) is 11.0. The number of nitrogens with one attached hydrogen (secondary N) is 1. The maximum atomic E-state index is 13.2. The van der Waals surface area contributed by atoms with Gasteiger partial charge in [0.05, 0.1) is 11.1 Å². The first-order valence-electron chi connectivity index (χ1n) is 11.5. The number of nitrogens with zero attached hydrogens (tertiary/aromatic N) is 5. The van der Waals surface area contributed by atoms with Crippen molar-refractivity contribution in [3.63, 3.8) is 0 Å². The second-order valence-electron chi connectivity index (χ2n) is 9.02. The molecule has 186 valence electrons. The lowest BCUT2D eigenvalue weighted by Crippen LogP contribution is -2.43. The van der Waals surface area contributed by atoms with Gasteiger partial charge in [0.1, 0.15) is 5.56 Å². The normalized spacial score (nSPS) is 15.2. The highest BCUT2D eigenvalue weighted by Crippen LogP contribution is 2.26. The molecular formula is C25H32N6O3S. The lowest BCUT2D eigenvalue weighted by atomic mass is 10.1. The number of anilines is 2. The number of benzene rings is 2. The zero-order valence-electron chi connectivity index (χ0n) is 20.6. The number of hydrogen-bond donors (Lipinski definition) is 1. The van der Waals surface area contributed by atoms with Crippen molar-refractivity contribution in [2.75, 3.05) is 49.9 Å². The Morgan fingerprint density at radius 1 is 1.00 bits per heavy atom. The lowest BCUT2D eigenvalue weighted by Gasteiger charge is -2.32. The Hall–Kier alpha value is -3.21. The van der Waals surface area contributed by atoms with Crippen LogP contribution in [0.4, 0.5) is 11.5 Å². The average molecular weight is 497 g/mol. The Bertz CT molecular complexity index is 1280. The Morgan fingerprint density at radius 2 is 1.63 bits per heavy atom. The fourth-order valence-electron chi connectivity index (χ4n) is 4.10. The van der Waals surface area contributed by atoms with Crippen LogP contribution in [0.5, 0.6) is 0 Å². The predicted octanol–water partition coefficient (Wildman–Crippen LogP) is 2.55. The molecule has 1 aliphatic heterocycles. The molecule has 0 radical (unpaired) electrons. The van der Waals surface area contributed by atoms with Crippen LogP contribution < -0.4 is 9.62 Å². The monoisotopic (exact) mass is 496 g/mol. The van der Waals surface area contributed by atoms with Gasteiger partial charge >= 0.3 is 0 Å². The standard InChI is InChI=1S/C25H32N6O3S/c1-19-5-11-22(12-6-19)35(33,34)30(4)25-23(17-26-29(25)3)24(32)27-21-9-7-20(8-10-21)18-31-15-13-28(2)14-16-31/h5-12,17H,13-16,18H2,1-4H3,(H,27,32). The Labute approximate surface area is 207 Å². The van der Waals surface area contributed by atoms with Crippen LogP contribution in [0.2, 0.25) is 0 Å². The molecule has 10 heteroatoms. The predicted molar refractivity (Wildman–Crippen MR) is 137 cm³/mol. The second kappa shape index (κ2) is 10.2. The first-order valence-corrected chi connectivity index (χ1v) is 13.0. The molecule has 0 aliphatic carbocycles. The van der Waals surface area contributed by atoms with E-state index >= 15 is 0 Å². The van der Waals surface area contributed by atoms with Crippen LogP contribution in [-0.4, -0.2) is 74.2 Å². The number of hydrogen-bond acceptors (Lipinski definition) is 6. The van der Waals surface area contributed by atoms with Crippen LogP contribution in [0.25, 0.3) is 0 Å². The van der Waals surface area contributed by atoms with E-state index in [-0.39, 0.29) is 16.3 Å². The Kier molecular flexibility index (Phi) is 7.25. The zero-order valence-corrected chi connectivity index (χ0v) is 21.4. The van der Waals surface area contributed by atoms with Crippen molar-refractivity contribution in [3.8, 4) is 0 Å². The van der Waals surface area contributed by atoms with Crippen LogP contribution in [0.1, 0.15) is 21.5 Å². The summed E-state index contributed by atoms with van der Waals surface area (Å²) >= 11 is 0. The number of likely N-dealkylation sites (N-methyl/N-ethyl adjacent to an activating group) is 1. The average Bonchev–Trinajstić information content (AvgIpc) is 3.23. The van der Waals surface area contributed by atoms with E-state index in [9.17, 15) is 13.2 Å². The number of aryl methyl sites for hydroxylation is 2. The summed E-state index contributed by atoms with van der Waals surface area (Å²) in [5, 5.41) is 7.01. The van der Waals surface area contributed by atoms with Crippen molar-refractivity contribution in [1.82, 2.24) is 19.6 Å². The quantitative estimate of drug-likeness (QED) is 0.541. The molecule has 2 aromatic carbocycles. The third-order valence-electron chi connectivity index (χ3n) is 6.34. The Balaban J connectivity index is 1.47. The summed E-state index contributed by atoms with van der Waals surface area (Å²) in [6.45, 7) is 6.97. The molecule has 1 fully saturated rings. The first-order chi connectivity index (χ1) is 16.6. The zero-order chi connectivity index (χ0) is 25.2. The highest BCUT2D eigenvalue weighted by molar-refractivity contribution is 7.92. The van der Waals surface area contributed by atoms with Crippen molar-refractivity contribution in [2.24, 2.45) is 7.05 Å². The molecule has 0 saturated carbocycles. The number of carbonyl (C=O) groups excluding carboxylic acids is 1. The van der Waals surface area contributed by atoms with E-state index in [4.69, 9.17) is 0 Å². The van der Waals surface area contributed by atoms with Gasteiger partial charge < -0.3 is 10.2 Å². The first kappa shape index (κ1) is 24.9. The maximum Gasteiger partial charge on any atom is 0.265 e. The summed E-state index contributed by atoms with van der Waals surface area (Å²) < 4.78 is 28.9. The topological polar surface area (TPSA) is 90.8 Å². The van der Waals surface area contributed by atoms with Crippen LogP contribution in [0, 0.1) is 6.92 Å². The Morgan fingerprint density at radius 3 is 2.26 bits per heavy atom. The summed E-state index contributed by atoms with van der Waals surface area (Å²) in [6.07, 6.45) is 1.38. The van der Waals surface area contributed by atoms with Crippen molar-refractivity contribution in [1.29, 1.82) is 0 Å². The molecule has 0 atom stereocenters. The lowest BCUT2D eigenvalue weighted by molar-refractivity contribution is 0.102. The van der Waals surface area contributed by atoms with Crippen molar-refractivity contribution in [2.45, 2.75) is 18.4 Å². The molecule has 1 saturated heterocycles. The third kappa shape index (κ3) is 5.55. The van der Waals surface area contributed by atoms with E-state index in [1.165, 1.54) is 23.5 Å². The van der Waals surface area contributed by atoms with Crippen LogP contribution in [-0.2, 0) is 23.6 Å². The smallest absolute Gasteiger partial charge is 0.265 e. The summed E-state index contributed by atoms with van der Waals surface area (Å²) in [7, 11) is 1.31. The van der Waals surface area contributed by atoms with E-state index in [0.29, 0.717) is 5.69 Å². The SMILES string of the molecule is Cc1ccc(S(=O)(=O)N(C)c2c(C(=O)Nc3ccc(CN4CCN(C)CC4)cc3)cnn2C)cc1. The molecule has 1 aliphatic rings. The molecule has 35 heavy (non-hydrogen) atoms. The molecule has 1 N–H and O–H groups in total. The number of sulfonamides is 1. The van der Waals surface area contributed by atoms with Gasteiger partial charge in [-0.25, -0.2) is 8.42 Å². The molecule has 0 unspecified atom stereocenters. The summed E-state index contributed by atoms with van der Waals surface area (Å²) in [5.41, 5.74) is 2.95. The molecule has 0 bridgehead atoms. The minimum absolute atomic E-state index is 0.147. The van der Waals surface area contributed by atoms with Gasteiger partial charge in [0, 0.05) is 52.5 Å². The number of piperazine rings is 1. The molecule has 0 spiro atoms. The van der Waals surface area contributed by atoms with Crippen molar-refractivity contribution < 1.29 is 13.2 Å². The van der Waals surface area contributed by atoms with E-state index in [1.54, 1.807) is 31.3 Å². The van der Waals surface area contributed by atoms with Gasteiger partial charge in [0.2, 0.25) is 0 Å². The molecule has 1 aromatic heterocycles. The minimum Gasteiger partial charge on any atom is -0.322 e. The summed E-state index contributed by atoms with van der Waals surface area (Å²) in [5.74, 6) is -0.236. The number of rotatable bonds is 7. The van der Waals surface area contributed by atoms with Crippen LogP contribution in [0.15, 0.2) is 59.6 Å². The van der Waals surface area contributed by atoms with Crippen LogP contribution >= 0.6 is 0 Å². The molecular weight excluding hydrogens is 464 g/mol. The van der Waals surface area contributed by atoms with E-state index in [0.717, 1.165) is 42.6 Å². The molecule has 4 rings (SSSR count). The van der Waals surface area contributed by atoms with Crippen molar-refractivity contribution >= 4 is 27.4 Å². The van der Waals surface area contributed by atoms with Gasteiger partial charge in [-0.3, -0.25) is 18.7 Å². The van der Waals surface area contributed by atoms with Gasteiger partial charge in [-0.1, -0.05) is 29.8 Å². The summed E-state index contributed by atoms with van der Waals surface area (Å²) in [4.78, 5) is 18.0. The highest BCUT2D eigenvalue weighted by atomic mass is 32.2. The third-order valence-corrected chi connectivity index (χ3v) is 8.11. The number of carbonyl (C=O) groups is 1. The van der Waals surface area contributed by atoms with Crippen LogP contribution in [0.3, 0.4) is 0 Å². The van der Waals surface area contributed by atoms with Gasteiger partial charge in [-0.2, -0.15) is 5.10 Å². The van der Waals surface area contributed by atoms with E-state index in [2.05, 4.69) is 27.3 Å². The minimum atomic E-state index is -3.87. The molecule has 3 aromatic rings. The van der Waals surface area contributed by atoms with Gasteiger partial charge in [0.25, 0.3) is 15.9 Å². The highest BCUT2D eigenvalue weighted by Gasteiger charge is 2.28. The van der Waals surface area contributed by atoms with Crippen molar-refractivity contribution in [3.05, 3.63) is 71.4 Å². The van der Waals surface area contributed by atoms with E-state index in [1.807, 2.05) is 31.2 Å². The molecule has 2 heterocycles. The van der Waals surface area contributed by atoms with Gasteiger partial charge in [0.15, 0.2) is 5.82 Å². The number of aromatic nitrogens is 2. The maximum absolute atomic E-state index is 13.2. The summed E-state index contributed by atoms with van der Waals surface area (Å²) in [6, 6.07) is 14.3. The fourth-order valence-corrected chi connectivity index (χ4v) is 5.34. The fraction of sp³-hybridized carbons (Fsp3) is 0.360. The van der Waals surface area contributed by atoms with Gasteiger partial charge in [-0.05, 0) is 43.8 Å². The largest absolute Gasteiger partial charge is 0.322 e. The molecule has 9 nitrogen and oxygen atoms in total. The van der Waals surface area contributed by atoms with E-state index < -0.39 is 15.9 Å². The van der Waals surface area contributed by atoms with Gasteiger partial charge in [-0.15, -0.1) is 0 Å². The molecule has 1 amide bonds.